The van der Waals surface area contributed by atoms with Gasteiger partial charge < -0.3 is 15.4 Å². The van der Waals surface area contributed by atoms with Crippen molar-refractivity contribution in [2.24, 2.45) is 0 Å². The van der Waals surface area contributed by atoms with Gasteiger partial charge in [0.25, 0.3) is 0 Å². The first-order chi connectivity index (χ1) is 9.30. The smallest absolute Gasteiger partial charge is 0.233 e. The fourth-order valence-electron chi connectivity index (χ4n) is 1.61. The summed E-state index contributed by atoms with van der Waals surface area (Å²) in [6.45, 7) is 8.11. The summed E-state index contributed by atoms with van der Waals surface area (Å²) in [5, 5.41) is 5.41. The molecule has 0 saturated heterocycles. The summed E-state index contributed by atoms with van der Waals surface area (Å²) in [6, 6.07) is 7.03. The van der Waals surface area contributed by atoms with Crippen LogP contribution in [-0.2, 0) is 9.59 Å². The van der Waals surface area contributed by atoms with Gasteiger partial charge in [0.15, 0.2) is 0 Å². The molecular formula is C15H22N2O3. The molecule has 2 amide bonds. The third kappa shape index (κ3) is 6.22. The van der Waals surface area contributed by atoms with Crippen LogP contribution < -0.4 is 15.4 Å². The lowest BCUT2D eigenvalue weighted by Gasteiger charge is -2.20. The standard InChI is InChI=1S/C15H22N2O3/c1-5-20-12-8-6-11(7-9-12)16-13(18)10-14(19)17-15(2,3)4/h6-9H,5,10H2,1-4H3,(H,16,18)(H,17,19). The Morgan fingerprint density at radius 3 is 2.20 bits per heavy atom. The highest BCUT2D eigenvalue weighted by Crippen LogP contribution is 2.15. The average molecular weight is 278 g/mol. The number of ether oxygens (including phenoxy) is 1. The maximum absolute atomic E-state index is 11.7. The molecule has 1 aromatic carbocycles. The quantitative estimate of drug-likeness (QED) is 0.812. The van der Waals surface area contributed by atoms with Crippen molar-refractivity contribution in [3.8, 4) is 5.75 Å². The van der Waals surface area contributed by atoms with Gasteiger partial charge in [-0.3, -0.25) is 9.59 Å². The molecule has 0 atom stereocenters. The second-order valence-corrected chi connectivity index (χ2v) is 5.48. The number of amides is 2. The number of benzene rings is 1. The summed E-state index contributed by atoms with van der Waals surface area (Å²) in [7, 11) is 0. The molecule has 0 aliphatic heterocycles. The van der Waals surface area contributed by atoms with E-state index in [9.17, 15) is 9.59 Å². The minimum atomic E-state index is -0.337. The maximum atomic E-state index is 11.7. The van der Waals surface area contributed by atoms with E-state index in [0.717, 1.165) is 5.75 Å². The number of hydrogen-bond donors (Lipinski definition) is 2. The minimum absolute atomic E-state index is 0.190. The first-order valence-corrected chi connectivity index (χ1v) is 6.64. The van der Waals surface area contributed by atoms with E-state index >= 15 is 0 Å². The molecule has 0 saturated carbocycles. The van der Waals surface area contributed by atoms with Crippen LogP contribution in [-0.4, -0.2) is 24.0 Å². The van der Waals surface area contributed by atoms with Gasteiger partial charge in [-0.05, 0) is 52.0 Å². The van der Waals surface area contributed by atoms with Gasteiger partial charge in [-0.1, -0.05) is 0 Å². The zero-order valence-electron chi connectivity index (χ0n) is 12.4. The lowest BCUT2D eigenvalue weighted by Crippen LogP contribution is -2.41. The van der Waals surface area contributed by atoms with Crippen molar-refractivity contribution in [2.75, 3.05) is 11.9 Å². The van der Waals surface area contributed by atoms with E-state index in [2.05, 4.69) is 10.6 Å². The monoisotopic (exact) mass is 278 g/mol. The van der Waals surface area contributed by atoms with Crippen LogP contribution in [0.5, 0.6) is 5.75 Å². The molecule has 2 N–H and O–H groups in total. The highest BCUT2D eigenvalue weighted by Gasteiger charge is 2.16. The molecule has 0 heterocycles. The third-order valence-corrected chi connectivity index (χ3v) is 2.28. The minimum Gasteiger partial charge on any atom is -0.494 e. The van der Waals surface area contributed by atoms with E-state index < -0.39 is 0 Å². The molecule has 0 aliphatic carbocycles. The number of rotatable bonds is 5. The predicted octanol–water partition coefficient (Wildman–Crippen LogP) is 2.33. The van der Waals surface area contributed by atoms with Crippen molar-refractivity contribution in [2.45, 2.75) is 39.7 Å². The molecule has 1 aromatic rings. The second kappa shape index (κ2) is 6.93. The van der Waals surface area contributed by atoms with E-state index in [-0.39, 0.29) is 23.8 Å². The van der Waals surface area contributed by atoms with Gasteiger partial charge in [0.2, 0.25) is 11.8 Å². The fraction of sp³-hybridized carbons (Fsp3) is 0.467. The summed E-state index contributed by atoms with van der Waals surface area (Å²) in [6.07, 6.45) is -0.190. The molecule has 20 heavy (non-hydrogen) atoms. The Bertz CT molecular complexity index is 461. The van der Waals surface area contributed by atoms with Crippen LogP contribution in [0.1, 0.15) is 34.1 Å². The van der Waals surface area contributed by atoms with E-state index in [1.165, 1.54) is 0 Å². The molecule has 0 aromatic heterocycles. The van der Waals surface area contributed by atoms with Crippen LogP contribution in [0.3, 0.4) is 0 Å². The number of anilines is 1. The molecular weight excluding hydrogens is 256 g/mol. The van der Waals surface area contributed by atoms with Crippen LogP contribution >= 0.6 is 0 Å². The van der Waals surface area contributed by atoms with Crippen LogP contribution in [0, 0.1) is 0 Å². The predicted molar refractivity (Wildman–Crippen MR) is 78.8 cm³/mol. The van der Waals surface area contributed by atoms with Gasteiger partial charge in [0, 0.05) is 11.2 Å². The normalized spacial score (nSPS) is 10.8. The zero-order valence-corrected chi connectivity index (χ0v) is 12.4. The number of carbonyl (C=O) groups is 2. The number of hydrogen-bond acceptors (Lipinski definition) is 3. The molecule has 5 nitrogen and oxygen atoms in total. The summed E-state index contributed by atoms with van der Waals surface area (Å²) in [5.41, 5.74) is 0.304. The average Bonchev–Trinajstić information content (AvgIpc) is 2.29. The van der Waals surface area contributed by atoms with E-state index in [0.29, 0.717) is 12.3 Å². The Labute approximate surface area is 119 Å². The third-order valence-electron chi connectivity index (χ3n) is 2.28. The summed E-state index contributed by atoms with van der Waals surface area (Å²) in [5.74, 6) is 0.118. The van der Waals surface area contributed by atoms with Gasteiger partial charge in [0.1, 0.15) is 12.2 Å². The van der Waals surface area contributed by atoms with Crippen LogP contribution in [0.15, 0.2) is 24.3 Å². The molecule has 0 fully saturated rings. The molecule has 0 unspecified atom stereocenters. The first kappa shape index (κ1) is 16.0. The van der Waals surface area contributed by atoms with Gasteiger partial charge in [-0.15, -0.1) is 0 Å². The SMILES string of the molecule is CCOc1ccc(NC(=O)CC(=O)NC(C)(C)C)cc1. The van der Waals surface area contributed by atoms with E-state index in [1.54, 1.807) is 24.3 Å². The molecule has 0 spiro atoms. The molecule has 1 rings (SSSR count). The summed E-state index contributed by atoms with van der Waals surface area (Å²) < 4.78 is 5.31. The first-order valence-electron chi connectivity index (χ1n) is 6.64. The maximum Gasteiger partial charge on any atom is 0.233 e. The second-order valence-electron chi connectivity index (χ2n) is 5.48. The van der Waals surface area contributed by atoms with E-state index in [1.807, 2.05) is 27.7 Å². The summed E-state index contributed by atoms with van der Waals surface area (Å²) in [4.78, 5) is 23.3. The molecule has 0 bridgehead atoms. The van der Waals surface area contributed by atoms with Crippen LogP contribution in [0.25, 0.3) is 0 Å². The van der Waals surface area contributed by atoms with Crippen molar-refractivity contribution in [3.05, 3.63) is 24.3 Å². The number of nitrogens with one attached hydrogen (secondary N) is 2. The zero-order chi connectivity index (χ0) is 15.2. The van der Waals surface area contributed by atoms with Gasteiger partial charge in [-0.2, -0.15) is 0 Å². The Kier molecular flexibility index (Phi) is 5.55. The van der Waals surface area contributed by atoms with Gasteiger partial charge >= 0.3 is 0 Å². The van der Waals surface area contributed by atoms with Crippen molar-refractivity contribution in [1.82, 2.24) is 5.32 Å². The van der Waals surface area contributed by atoms with Crippen molar-refractivity contribution < 1.29 is 14.3 Å². The molecule has 0 radical (unpaired) electrons. The Balaban J connectivity index is 2.48. The lowest BCUT2D eigenvalue weighted by molar-refractivity contribution is -0.127. The highest BCUT2D eigenvalue weighted by molar-refractivity contribution is 6.03. The van der Waals surface area contributed by atoms with E-state index in [4.69, 9.17) is 4.74 Å². The van der Waals surface area contributed by atoms with Gasteiger partial charge in [0.05, 0.1) is 6.61 Å². The van der Waals surface area contributed by atoms with Crippen LogP contribution in [0.2, 0.25) is 0 Å². The number of carbonyl (C=O) groups excluding carboxylic acids is 2. The largest absolute Gasteiger partial charge is 0.494 e. The van der Waals surface area contributed by atoms with Crippen molar-refractivity contribution in [1.29, 1.82) is 0 Å². The summed E-state index contributed by atoms with van der Waals surface area (Å²) >= 11 is 0. The molecule has 110 valence electrons. The Hall–Kier alpha value is -2.04. The highest BCUT2D eigenvalue weighted by atomic mass is 16.5. The van der Waals surface area contributed by atoms with Gasteiger partial charge in [-0.25, -0.2) is 0 Å². The fourth-order valence-corrected chi connectivity index (χ4v) is 1.61. The Morgan fingerprint density at radius 2 is 1.70 bits per heavy atom. The topological polar surface area (TPSA) is 67.4 Å². The molecule has 0 aliphatic rings. The van der Waals surface area contributed by atoms with Crippen molar-refractivity contribution in [3.63, 3.8) is 0 Å². The van der Waals surface area contributed by atoms with Crippen molar-refractivity contribution >= 4 is 17.5 Å². The molecule has 5 heteroatoms. The Morgan fingerprint density at radius 1 is 1.10 bits per heavy atom. The van der Waals surface area contributed by atoms with Crippen LogP contribution in [0.4, 0.5) is 5.69 Å². The lowest BCUT2D eigenvalue weighted by atomic mass is 10.1.